The second-order valence-electron chi connectivity index (χ2n) is 5.84. The van der Waals surface area contributed by atoms with Gasteiger partial charge in [0.2, 0.25) is 0 Å². The van der Waals surface area contributed by atoms with Crippen LogP contribution in [0, 0.1) is 0 Å². The van der Waals surface area contributed by atoms with Crippen molar-refractivity contribution < 1.29 is 5.11 Å². The van der Waals surface area contributed by atoms with E-state index in [9.17, 15) is 5.11 Å². The van der Waals surface area contributed by atoms with Crippen LogP contribution in [0.1, 0.15) is 29.7 Å². The van der Waals surface area contributed by atoms with Crippen LogP contribution in [0.5, 0.6) is 0 Å². The number of nitrogens with zero attached hydrogens (tertiary/aromatic N) is 2. The lowest BCUT2D eigenvalue weighted by atomic mass is 10.0. The Hall–Kier alpha value is -2.43. The number of aromatic nitrogens is 2. The summed E-state index contributed by atoms with van der Waals surface area (Å²) in [7, 11) is 0. The molecule has 2 N–H and O–H groups in total. The summed E-state index contributed by atoms with van der Waals surface area (Å²) in [5, 5.41) is 17.5. The molecule has 0 saturated carbocycles. The molecule has 2 aromatic carbocycles. The van der Waals surface area contributed by atoms with E-state index >= 15 is 0 Å². The molecule has 24 heavy (non-hydrogen) atoms. The van der Waals surface area contributed by atoms with Crippen molar-refractivity contribution in [2.75, 3.05) is 6.61 Å². The number of benzene rings is 2. The van der Waals surface area contributed by atoms with E-state index in [1.54, 1.807) is 0 Å². The molecule has 1 unspecified atom stereocenters. The molecule has 0 spiro atoms. The molecule has 0 aliphatic heterocycles. The highest BCUT2D eigenvalue weighted by Gasteiger charge is 2.10. The average Bonchev–Trinajstić information content (AvgIpc) is 3.12. The lowest BCUT2D eigenvalue weighted by Crippen LogP contribution is -2.23. The Kier molecular flexibility index (Phi) is 5.41. The quantitative estimate of drug-likeness (QED) is 0.702. The largest absolute Gasteiger partial charge is 0.394 e. The molecule has 0 saturated heterocycles. The zero-order chi connectivity index (χ0) is 16.8. The fourth-order valence-electron chi connectivity index (χ4n) is 2.69. The minimum Gasteiger partial charge on any atom is -0.394 e. The highest BCUT2D eigenvalue weighted by molar-refractivity contribution is 5.31. The predicted octanol–water partition coefficient (Wildman–Crippen LogP) is 3.26. The SMILES string of the molecule is CCc1ccc(C(CO)NCc2cnn(-c3ccccc3)c2)cc1. The van der Waals surface area contributed by atoms with Crippen LogP contribution in [0.4, 0.5) is 0 Å². The average molecular weight is 321 g/mol. The molecule has 3 aromatic rings. The van der Waals surface area contributed by atoms with Gasteiger partial charge in [-0.15, -0.1) is 0 Å². The van der Waals surface area contributed by atoms with Crippen LogP contribution >= 0.6 is 0 Å². The summed E-state index contributed by atoms with van der Waals surface area (Å²) < 4.78 is 1.86. The molecule has 1 heterocycles. The van der Waals surface area contributed by atoms with Gasteiger partial charge in [-0.05, 0) is 29.7 Å². The standard InChI is InChI=1S/C20H23N3O/c1-2-16-8-10-18(11-9-16)20(15-24)21-12-17-13-22-23(14-17)19-6-4-3-5-7-19/h3-11,13-14,20-21,24H,2,12,15H2,1H3. The van der Waals surface area contributed by atoms with Crippen LogP contribution in [0.3, 0.4) is 0 Å². The Labute approximate surface area is 142 Å². The van der Waals surface area contributed by atoms with Crippen molar-refractivity contribution in [2.24, 2.45) is 0 Å². The van der Waals surface area contributed by atoms with Crippen molar-refractivity contribution >= 4 is 0 Å². The summed E-state index contributed by atoms with van der Waals surface area (Å²) in [6.45, 7) is 2.87. The number of para-hydroxylation sites is 1. The van der Waals surface area contributed by atoms with Gasteiger partial charge >= 0.3 is 0 Å². The maximum Gasteiger partial charge on any atom is 0.0645 e. The van der Waals surface area contributed by atoms with E-state index in [0.717, 1.165) is 23.2 Å². The molecule has 1 atom stereocenters. The Balaban J connectivity index is 1.64. The second-order valence-corrected chi connectivity index (χ2v) is 5.84. The summed E-state index contributed by atoms with van der Waals surface area (Å²) in [5.41, 5.74) is 4.53. The van der Waals surface area contributed by atoms with Crippen molar-refractivity contribution in [1.29, 1.82) is 0 Å². The van der Waals surface area contributed by atoms with Gasteiger partial charge in [0, 0.05) is 18.3 Å². The van der Waals surface area contributed by atoms with E-state index in [1.165, 1.54) is 5.56 Å². The number of aryl methyl sites for hydroxylation is 1. The minimum absolute atomic E-state index is 0.0678. The second kappa shape index (κ2) is 7.90. The number of aliphatic hydroxyl groups is 1. The molecular weight excluding hydrogens is 298 g/mol. The number of hydrogen-bond donors (Lipinski definition) is 2. The zero-order valence-electron chi connectivity index (χ0n) is 13.9. The maximum absolute atomic E-state index is 9.68. The lowest BCUT2D eigenvalue weighted by molar-refractivity contribution is 0.243. The van der Waals surface area contributed by atoms with E-state index in [2.05, 4.69) is 41.6 Å². The highest BCUT2D eigenvalue weighted by Crippen LogP contribution is 2.15. The first-order valence-corrected chi connectivity index (χ1v) is 8.32. The molecule has 0 aliphatic rings. The molecule has 0 amide bonds. The molecule has 4 nitrogen and oxygen atoms in total. The Bertz CT molecular complexity index is 750. The lowest BCUT2D eigenvalue weighted by Gasteiger charge is -2.16. The van der Waals surface area contributed by atoms with Crippen molar-refractivity contribution in [3.05, 3.63) is 83.7 Å². The van der Waals surface area contributed by atoms with Gasteiger partial charge in [-0.3, -0.25) is 0 Å². The van der Waals surface area contributed by atoms with Crippen molar-refractivity contribution in [3.8, 4) is 5.69 Å². The maximum atomic E-state index is 9.68. The third-order valence-electron chi connectivity index (χ3n) is 4.18. The first-order valence-electron chi connectivity index (χ1n) is 8.32. The van der Waals surface area contributed by atoms with Crippen LogP contribution in [-0.2, 0) is 13.0 Å². The van der Waals surface area contributed by atoms with Crippen LogP contribution in [0.25, 0.3) is 5.69 Å². The zero-order valence-corrected chi connectivity index (χ0v) is 13.9. The van der Waals surface area contributed by atoms with E-state index in [-0.39, 0.29) is 12.6 Å². The summed E-state index contributed by atoms with van der Waals surface area (Å²) >= 11 is 0. The molecule has 0 bridgehead atoms. The molecule has 124 valence electrons. The molecule has 0 aliphatic carbocycles. The van der Waals surface area contributed by atoms with Crippen LogP contribution in [0.2, 0.25) is 0 Å². The Morgan fingerprint density at radius 3 is 2.46 bits per heavy atom. The summed E-state index contributed by atoms with van der Waals surface area (Å²) in [6.07, 6.45) is 4.89. The van der Waals surface area contributed by atoms with Crippen molar-refractivity contribution in [3.63, 3.8) is 0 Å². The summed E-state index contributed by atoms with van der Waals surface area (Å²) in [6, 6.07) is 18.4. The van der Waals surface area contributed by atoms with Gasteiger partial charge in [0.05, 0.1) is 24.5 Å². The van der Waals surface area contributed by atoms with Gasteiger partial charge in [-0.1, -0.05) is 49.4 Å². The van der Waals surface area contributed by atoms with Gasteiger partial charge in [0.15, 0.2) is 0 Å². The van der Waals surface area contributed by atoms with Gasteiger partial charge in [-0.2, -0.15) is 5.10 Å². The molecule has 0 fully saturated rings. The smallest absolute Gasteiger partial charge is 0.0645 e. The molecular formula is C20H23N3O. The number of nitrogens with one attached hydrogen (secondary N) is 1. The third kappa shape index (κ3) is 3.91. The van der Waals surface area contributed by atoms with Gasteiger partial charge in [0.1, 0.15) is 0 Å². The number of rotatable bonds is 7. The topological polar surface area (TPSA) is 50.1 Å². The highest BCUT2D eigenvalue weighted by atomic mass is 16.3. The fraction of sp³-hybridized carbons (Fsp3) is 0.250. The van der Waals surface area contributed by atoms with Gasteiger partial charge in [0.25, 0.3) is 0 Å². The van der Waals surface area contributed by atoms with Gasteiger partial charge < -0.3 is 10.4 Å². The van der Waals surface area contributed by atoms with Crippen molar-refractivity contribution in [2.45, 2.75) is 25.9 Å². The van der Waals surface area contributed by atoms with E-state index in [0.29, 0.717) is 6.54 Å². The summed E-state index contributed by atoms with van der Waals surface area (Å²) in [5.74, 6) is 0. The summed E-state index contributed by atoms with van der Waals surface area (Å²) in [4.78, 5) is 0. The minimum atomic E-state index is -0.0732. The van der Waals surface area contributed by atoms with E-state index in [4.69, 9.17) is 0 Å². The van der Waals surface area contributed by atoms with Crippen LogP contribution in [-0.4, -0.2) is 21.5 Å². The van der Waals surface area contributed by atoms with Crippen LogP contribution in [0.15, 0.2) is 67.0 Å². The van der Waals surface area contributed by atoms with Gasteiger partial charge in [-0.25, -0.2) is 4.68 Å². The third-order valence-corrected chi connectivity index (χ3v) is 4.18. The van der Waals surface area contributed by atoms with Crippen LogP contribution < -0.4 is 5.32 Å². The number of hydrogen-bond acceptors (Lipinski definition) is 3. The van der Waals surface area contributed by atoms with E-state index < -0.39 is 0 Å². The van der Waals surface area contributed by atoms with Crippen molar-refractivity contribution in [1.82, 2.24) is 15.1 Å². The molecule has 4 heteroatoms. The Morgan fingerprint density at radius 1 is 1.04 bits per heavy atom. The van der Waals surface area contributed by atoms with E-state index in [1.807, 2.05) is 47.4 Å². The molecule has 3 rings (SSSR count). The Morgan fingerprint density at radius 2 is 1.79 bits per heavy atom. The number of aliphatic hydroxyl groups excluding tert-OH is 1. The molecule has 0 radical (unpaired) electrons. The monoisotopic (exact) mass is 321 g/mol. The molecule has 1 aromatic heterocycles. The first-order chi connectivity index (χ1) is 11.8. The normalized spacial score (nSPS) is 12.2. The fourth-order valence-corrected chi connectivity index (χ4v) is 2.69. The predicted molar refractivity (Wildman–Crippen MR) is 96.1 cm³/mol. The first kappa shape index (κ1) is 16.4.